The average molecular weight is 293 g/mol. The predicted molar refractivity (Wildman–Crippen MR) is 79.8 cm³/mol. The summed E-state index contributed by atoms with van der Waals surface area (Å²) in [4.78, 5) is 13.1. The van der Waals surface area contributed by atoms with Crippen LogP contribution in [0.1, 0.15) is 30.0 Å². The van der Waals surface area contributed by atoms with Crippen molar-refractivity contribution in [3.63, 3.8) is 0 Å². The lowest BCUT2D eigenvalue weighted by Crippen LogP contribution is -2.37. The molecule has 1 aliphatic carbocycles. The van der Waals surface area contributed by atoms with Gasteiger partial charge in [-0.15, -0.1) is 0 Å². The minimum absolute atomic E-state index is 0.0324. The Hall–Kier alpha value is -1.59. The number of ether oxygens (including phenoxy) is 2. The maximum atomic E-state index is 11.1. The van der Waals surface area contributed by atoms with Gasteiger partial charge >= 0.3 is 5.97 Å². The maximum Gasteiger partial charge on any atom is 0.317 e. The third-order valence-corrected chi connectivity index (χ3v) is 4.00. The molecular formula is C16H23NO4. The quantitative estimate of drug-likeness (QED) is 0.834. The van der Waals surface area contributed by atoms with Crippen LogP contribution in [-0.4, -0.2) is 49.9 Å². The van der Waals surface area contributed by atoms with Crippen LogP contribution in [0.5, 0.6) is 5.75 Å². The molecule has 21 heavy (non-hydrogen) atoms. The number of aryl methyl sites for hydroxylation is 1. The smallest absolute Gasteiger partial charge is 0.317 e. The van der Waals surface area contributed by atoms with Gasteiger partial charge in [-0.3, -0.25) is 9.69 Å². The van der Waals surface area contributed by atoms with Crippen molar-refractivity contribution in [3.8, 4) is 5.75 Å². The molecule has 0 saturated carbocycles. The fourth-order valence-electron chi connectivity index (χ4n) is 2.99. The van der Waals surface area contributed by atoms with Crippen LogP contribution in [0, 0.1) is 0 Å². The summed E-state index contributed by atoms with van der Waals surface area (Å²) in [6.07, 6.45) is 3.09. The van der Waals surface area contributed by atoms with Crippen LogP contribution >= 0.6 is 0 Å². The van der Waals surface area contributed by atoms with E-state index in [2.05, 4.69) is 6.07 Å². The summed E-state index contributed by atoms with van der Waals surface area (Å²) in [5, 5.41) is 9.16. The van der Waals surface area contributed by atoms with Crippen molar-refractivity contribution in [1.82, 2.24) is 4.90 Å². The fraction of sp³-hybridized carbons (Fsp3) is 0.562. The number of aliphatic carboxylic acids is 1. The van der Waals surface area contributed by atoms with E-state index < -0.39 is 5.97 Å². The SMILES string of the molecule is COCCN(CC(=O)O)C1CCCc2ccc(OC)cc21. The molecule has 5 nitrogen and oxygen atoms in total. The highest BCUT2D eigenvalue weighted by molar-refractivity contribution is 5.69. The number of rotatable bonds is 7. The van der Waals surface area contributed by atoms with Gasteiger partial charge in [0.1, 0.15) is 5.75 Å². The molecule has 2 rings (SSSR count). The summed E-state index contributed by atoms with van der Waals surface area (Å²) in [5.41, 5.74) is 2.48. The van der Waals surface area contributed by atoms with E-state index >= 15 is 0 Å². The number of carbonyl (C=O) groups is 1. The molecule has 1 aromatic rings. The number of carboxylic acid groups (broad SMARTS) is 1. The van der Waals surface area contributed by atoms with Crippen LogP contribution < -0.4 is 4.74 Å². The lowest BCUT2D eigenvalue weighted by atomic mass is 9.86. The zero-order valence-electron chi connectivity index (χ0n) is 12.7. The lowest BCUT2D eigenvalue weighted by Gasteiger charge is -2.35. The Morgan fingerprint density at radius 3 is 2.90 bits per heavy atom. The molecule has 1 aromatic carbocycles. The third kappa shape index (κ3) is 3.95. The Balaban J connectivity index is 2.27. The largest absolute Gasteiger partial charge is 0.497 e. The normalized spacial score (nSPS) is 17.6. The average Bonchev–Trinajstić information content (AvgIpc) is 2.50. The van der Waals surface area contributed by atoms with Crippen LogP contribution in [0.15, 0.2) is 18.2 Å². The summed E-state index contributed by atoms with van der Waals surface area (Å²) in [5.74, 6) is 0.0174. The van der Waals surface area contributed by atoms with Crippen LogP contribution in [0.4, 0.5) is 0 Å². The molecule has 1 aliphatic rings. The molecule has 1 N–H and O–H groups in total. The predicted octanol–water partition coefficient (Wildman–Crippen LogP) is 2.11. The first-order valence-corrected chi connectivity index (χ1v) is 7.27. The summed E-state index contributed by atoms with van der Waals surface area (Å²) >= 11 is 0. The van der Waals surface area contributed by atoms with E-state index in [-0.39, 0.29) is 12.6 Å². The zero-order chi connectivity index (χ0) is 15.2. The number of fused-ring (bicyclic) bond motifs is 1. The molecule has 0 fully saturated rings. The number of benzene rings is 1. The van der Waals surface area contributed by atoms with E-state index in [1.807, 2.05) is 17.0 Å². The number of methoxy groups -OCH3 is 2. The molecule has 0 bridgehead atoms. The second kappa shape index (κ2) is 7.43. The molecule has 5 heteroatoms. The number of carboxylic acids is 1. The van der Waals surface area contributed by atoms with Gasteiger partial charge in [-0.25, -0.2) is 0 Å². The van der Waals surface area contributed by atoms with Crippen LogP contribution in [0.25, 0.3) is 0 Å². The van der Waals surface area contributed by atoms with Crippen molar-refractivity contribution in [2.45, 2.75) is 25.3 Å². The van der Waals surface area contributed by atoms with E-state index in [0.717, 1.165) is 25.0 Å². The van der Waals surface area contributed by atoms with Gasteiger partial charge in [0.05, 0.1) is 20.3 Å². The Labute approximate surface area is 125 Å². The van der Waals surface area contributed by atoms with E-state index in [4.69, 9.17) is 14.6 Å². The summed E-state index contributed by atoms with van der Waals surface area (Å²) in [6, 6.07) is 6.23. The molecule has 0 saturated heterocycles. The van der Waals surface area contributed by atoms with Gasteiger partial charge < -0.3 is 14.6 Å². The molecular weight excluding hydrogens is 270 g/mol. The van der Waals surface area contributed by atoms with Crippen molar-refractivity contribution in [3.05, 3.63) is 29.3 Å². The van der Waals surface area contributed by atoms with E-state index in [1.165, 1.54) is 11.1 Å². The van der Waals surface area contributed by atoms with Crippen molar-refractivity contribution in [1.29, 1.82) is 0 Å². The van der Waals surface area contributed by atoms with Crippen LogP contribution in [-0.2, 0) is 16.0 Å². The van der Waals surface area contributed by atoms with Gasteiger partial charge in [0.25, 0.3) is 0 Å². The first-order valence-electron chi connectivity index (χ1n) is 7.27. The van der Waals surface area contributed by atoms with Gasteiger partial charge in [-0.2, -0.15) is 0 Å². The number of hydrogen-bond donors (Lipinski definition) is 1. The Morgan fingerprint density at radius 2 is 2.24 bits per heavy atom. The molecule has 1 atom stereocenters. The minimum Gasteiger partial charge on any atom is -0.497 e. The highest BCUT2D eigenvalue weighted by Gasteiger charge is 2.27. The molecule has 116 valence electrons. The van der Waals surface area contributed by atoms with Gasteiger partial charge in [-0.05, 0) is 42.5 Å². The maximum absolute atomic E-state index is 11.1. The van der Waals surface area contributed by atoms with Crippen molar-refractivity contribution in [2.24, 2.45) is 0 Å². The summed E-state index contributed by atoms with van der Waals surface area (Å²) < 4.78 is 10.4. The minimum atomic E-state index is -0.805. The van der Waals surface area contributed by atoms with Crippen molar-refractivity contribution >= 4 is 5.97 Å². The monoisotopic (exact) mass is 293 g/mol. The van der Waals surface area contributed by atoms with Crippen LogP contribution in [0.2, 0.25) is 0 Å². The highest BCUT2D eigenvalue weighted by atomic mass is 16.5. The van der Waals surface area contributed by atoms with Crippen LogP contribution in [0.3, 0.4) is 0 Å². The van der Waals surface area contributed by atoms with E-state index in [9.17, 15) is 4.79 Å². The Morgan fingerprint density at radius 1 is 1.43 bits per heavy atom. The molecule has 0 amide bonds. The molecule has 1 unspecified atom stereocenters. The molecule has 0 aromatic heterocycles. The van der Waals surface area contributed by atoms with E-state index in [1.54, 1.807) is 14.2 Å². The van der Waals surface area contributed by atoms with Gasteiger partial charge in [-0.1, -0.05) is 6.07 Å². The molecule has 0 aliphatic heterocycles. The topological polar surface area (TPSA) is 59.0 Å². The van der Waals surface area contributed by atoms with Crippen molar-refractivity contribution < 1.29 is 19.4 Å². The lowest BCUT2D eigenvalue weighted by molar-refractivity contribution is -0.139. The fourth-order valence-corrected chi connectivity index (χ4v) is 2.99. The molecule has 0 radical (unpaired) electrons. The van der Waals surface area contributed by atoms with Crippen molar-refractivity contribution in [2.75, 3.05) is 33.9 Å². The summed E-state index contributed by atoms with van der Waals surface area (Å²) in [7, 11) is 3.29. The highest BCUT2D eigenvalue weighted by Crippen LogP contribution is 2.36. The van der Waals surface area contributed by atoms with Gasteiger partial charge in [0.2, 0.25) is 0 Å². The second-order valence-corrected chi connectivity index (χ2v) is 5.33. The number of nitrogens with zero attached hydrogens (tertiary/aromatic N) is 1. The van der Waals surface area contributed by atoms with Gasteiger partial charge in [0.15, 0.2) is 0 Å². The molecule has 0 spiro atoms. The summed E-state index contributed by atoms with van der Waals surface area (Å²) in [6.45, 7) is 1.18. The Kier molecular flexibility index (Phi) is 5.59. The third-order valence-electron chi connectivity index (χ3n) is 4.00. The molecule has 0 heterocycles. The zero-order valence-corrected chi connectivity index (χ0v) is 12.7. The second-order valence-electron chi connectivity index (χ2n) is 5.33. The first kappa shape index (κ1) is 15.8. The first-order chi connectivity index (χ1) is 10.2. The number of hydrogen-bond acceptors (Lipinski definition) is 4. The Bertz CT molecular complexity index is 489. The van der Waals surface area contributed by atoms with Gasteiger partial charge in [0, 0.05) is 19.7 Å². The standard InChI is InChI=1S/C16H23NO4/c1-20-9-8-17(11-16(18)19)15-5-3-4-12-6-7-13(21-2)10-14(12)15/h6-7,10,15H,3-5,8-9,11H2,1-2H3,(H,18,19). The van der Waals surface area contributed by atoms with E-state index in [0.29, 0.717) is 13.2 Å².